The predicted octanol–water partition coefficient (Wildman–Crippen LogP) is 1.91. The summed E-state index contributed by atoms with van der Waals surface area (Å²) in [5, 5.41) is 0. The molecule has 0 N–H and O–H groups in total. The lowest BCUT2D eigenvalue weighted by Crippen LogP contribution is -2.48. The number of hydrogen-bond acceptors (Lipinski definition) is 5. The van der Waals surface area contributed by atoms with E-state index in [4.69, 9.17) is 9.47 Å². The Morgan fingerprint density at radius 2 is 1.80 bits per heavy atom. The van der Waals surface area contributed by atoms with E-state index in [-0.39, 0.29) is 18.2 Å². The molecule has 1 saturated heterocycles. The van der Waals surface area contributed by atoms with E-state index in [2.05, 4.69) is 0 Å². The van der Waals surface area contributed by atoms with Gasteiger partial charge in [-0.3, -0.25) is 9.69 Å². The summed E-state index contributed by atoms with van der Waals surface area (Å²) in [5.41, 5.74) is -0.652. The van der Waals surface area contributed by atoms with Crippen LogP contribution in [-0.2, 0) is 19.1 Å². The average molecular weight is 285 g/mol. The van der Waals surface area contributed by atoms with Gasteiger partial charge in [-0.15, -0.1) is 0 Å². The highest BCUT2D eigenvalue weighted by Gasteiger charge is 2.43. The molecule has 114 valence electrons. The molecule has 1 heterocycles. The Morgan fingerprint density at radius 1 is 1.20 bits per heavy atom. The minimum atomic E-state index is -0.667. The molecule has 2 atom stereocenters. The third-order valence-electron chi connectivity index (χ3n) is 3.10. The Balaban J connectivity index is 2.92. The second kappa shape index (κ2) is 6.24. The monoisotopic (exact) mass is 285 g/mol. The number of likely N-dealkylation sites (tertiary alicyclic amines) is 1. The summed E-state index contributed by atoms with van der Waals surface area (Å²) in [6, 6.07) is -0.967. The Labute approximate surface area is 119 Å². The van der Waals surface area contributed by atoms with Crippen LogP contribution in [0, 0.1) is 0 Å². The number of carbonyl (C=O) groups excluding carboxylic acids is 3. The van der Waals surface area contributed by atoms with Crippen molar-refractivity contribution in [2.75, 3.05) is 7.11 Å². The number of Topliss-reactive ketones (excluding diaryl/α,β-unsaturated/α-hetero) is 1. The first-order valence-corrected chi connectivity index (χ1v) is 6.74. The van der Waals surface area contributed by atoms with E-state index < -0.39 is 23.7 Å². The largest absolute Gasteiger partial charge is 0.467 e. The Bertz CT molecular complexity index is 399. The lowest BCUT2D eigenvalue weighted by molar-refractivity contribution is -0.146. The summed E-state index contributed by atoms with van der Waals surface area (Å²) in [4.78, 5) is 36.7. The molecule has 0 radical (unpaired) electrons. The van der Waals surface area contributed by atoms with Gasteiger partial charge in [-0.2, -0.15) is 0 Å². The van der Waals surface area contributed by atoms with Gasteiger partial charge in [0, 0.05) is 12.5 Å². The van der Waals surface area contributed by atoms with E-state index in [0.29, 0.717) is 12.8 Å². The molecule has 6 heteroatoms. The van der Waals surface area contributed by atoms with Gasteiger partial charge in [0.05, 0.1) is 7.11 Å². The molecule has 0 aliphatic carbocycles. The highest BCUT2D eigenvalue weighted by Crippen LogP contribution is 2.29. The van der Waals surface area contributed by atoms with Crippen molar-refractivity contribution >= 4 is 17.8 Å². The normalized spacial score (nSPS) is 22.6. The van der Waals surface area contributed by atoms with Gasteiger partial charge in [0.1, 0.15) is 17.4 Å². The summed E-state index contributed by atoms with van der Waals surface area (Å²) in [7, 11) is 1.29. The number of hydrogen-bond donors (Lipinski definition) is 0. The van der Waals surface area contributed by atoms with Gasteiger partial charge in [-0.1, -0.05) is 0 Å². The van der Waals surface area contributed by atoms with Crippen molar-refractivity contribution in [3.8, 4) is 0 Å². The van der Waals surface area contributed by atoms with Crippen molar-refractivity contribution in [1.29, 1.82) is 0 Å². The topological polar surface area (TPSA) is 72.9 Å². The van der Waals surface area contributed by atoms with Gasteiger partial charge < -0.3 is 9.47 Å². The van der Waals surface area contributed by atoms with Crippen LogP contribution in [0.3, 0.4) is 0 Å². The molecule has 1 aliphatic heterocycles. The Morgan fingerprint density at radius 3 is 2.25 bits per heavy atom. The van der Waals surface area contributed by atoms with Crippen LogP contribution in [0.15, 0.2) is 0 Å². The summed E-state index contributed by atoms with van der Waals surface area (Å²) in [6.45, 7) is 6.75. The highest BCUT2D eigenvalue weighted by atomic mass is 16.6. The fourth-order valence-corrected chi connectivity index (χ4v) is 2.37. The standard InChI is InChI=1S/C14H23NO5/c1-9(16)8-10-6-7-11(12(17)19-5)15(10)13(18)20-14(2,3)4/h10-11H,6-8H2,1-5H3/t10-,11-/m0/s1. The zero-order chi connectivity index (χ0) is 15.5. The highest BCUT2D eigenvalue weighted by molar-refractivity contribution is 5.83. The summed E-state index contributed by atoms with van der Waals surface area (Å²) < 4.78 is 10.1. The maximum absolute atomic E-state index is 12.3. The number of carbonyl (C=O) groups is 3. The van der Waals surface area contributed by atoms with Crippen LogP contribution in [0.25, 0.3) is 0 Å². The van der Waals surface area contributed by atoms with Crippen LogP contribution in [0.4, 0.5) is 4.79 Å². The van der Waals surface area contributed by atoms with Gasteiger partial charge in [-0.25, -0.2) is 9.59 Å². The molecular formula is C14H23NO5. The molecule has 0 aromatic carbocycles. The minimum absolute atomic E-state index is 0.0194. The fraction of sp³-hybridized carbons (Fsp3) is 0.786. The first-order valence-electron chi connectivity index (χ1n) is 6.74. The maximum Gasteiger partial charge on any atom is 0.411 e. The minimum Gasteiger partial charge on any atom is -0.467 e. The molecule has 0 bridgehead atoms. The molecule has 0 unspecified atom stereocenters. The first kappa shape index (κ1) is 16.5. The summed E-state index contributed by atoms with van der Waals surface area (Å²) >= 11 is 0. The van der Waals surface area contributed by atoms with Gasteiger partial charge in [0.25, 0.3) is 0 Å². The third-order valence-corrected chi connectivity index (χ3v) is 3.10. The number of esters is 1. The lowest BCUT2D eigenvalue weighted by atomic mass is 10.1. The van der Waals surface area contributed by atoms with Gasteiger partial charge in [0.15, 0.2) is 0 Å². The molecule has 1 fully saturated rings. The molecule has 1 amide bonds. The molecule has 20 heavy (non-hydrogen) atoms. The van der Waals surface area contributed by atoms with Crippen molar-refractivity contribution in [2.24, 2.45) is 0 Å². The third kappa shape index (κ3) is 4.21. The number of methoxy groups -OCH3 is 1. The molecule has 1 rings (SSSR count). The van der Waals surface area contributed by atoms with Crippen LogP contribution in [-0.4, -0.2) is 47.5 Å². The van der Waals surface area contributed by atoms with Crippen molar-refractivity contribution in [3.63, 3.8) is 0 Å². The quantitative estimate of drug-likeness (QED) is 0.741. The van der Waals surface area contributed by atoms with E-state index >= 15 is 0 Å². The molecule has 0 saturated carbocycles. The first-order chi connectivity index (χ1) is 9.15. The number of amides is 1. The van der Waals surface area contributed by atoms with Crippen LogP contribution in [0.5, 0.6) is 0 Å². The summed E-state index contributed by atoms with van der Waals surface area (Å²) in [6.07, 6.45) is 0.742. The van der Waals surface area contributed by atoms with Crippen LogP contribution < -0.4 is 0 Å². The second-order valence-corrected chi connectivity index (χ2v) is 6.06. The zero-order valence-corrected chi connectivity index (χ0v) is 12.8. The molecule has 0 spiro atoms. The van der Waals surface area contributed by atoms with Gasteiger partial charge in [0.2, 0.25) is 0 Å². The van der Waals surface area contributed by atoms with E-state index in [1.54, 1.807) is 20.8 Å². The summed E-state index contributed by atoms with van der Waals surface area (Å²) in [5.74, 6) is -0.490. The maximum atomic E-state index is 12.3. The number of ketones is 1. The van der Waals surface area contributed by atoms with Gasteiger partial charge in [-0.05, 0) is 40.5 Å². The van der Waals surface area contributed by atoms with Crippen molar-refractivity contribution in [3.05, 3.63) is 0 Å². The number of rotatable bonds is 3. The lowest BCUT2D eigenvalue weighted by Gasteiger charge is -2.31. The molecule has 6 nitrogen and oxygen atoms in total. The van der Waals surface area contributed by atoms with Crippen LogP contribution in [0.2, 0.25) is 0 Å². The molecule has 0 aromatic heterocycles. The zero-order valence-electron chi connectivity index (χ0n) is 12.8. The fourth-order valence-electron chi connectivity index (χ4n) is 2.37. The second-order valence-electron chi connectivity index (χ2n) is 6.06. The van der Waals surface area contributed by atoms with Crippen molar-refractivity contribution in [1.82, 2.24) is 4.90 Å². The number of nitrogens with zero attached hydrogens (tertiary/aromatic N) is 1. The number of ether oxygens (including phenoxy) is 2. The predicted molar refractivity (Wildman–Crippen MR) is 72.2 cm³/mol. The van der Waals surface area contributed by atoms with Gasteiger partial charge >= 0.3 is 12.1 Å². The van der Waals surface area contributed by atoms with E-state index in [1.807, 2.05) is 0 Å². The smallest absolute Gasteiger partial charge is 0.411 e. The molecule has 1 aliphatic rings. The SMILES string of the molecule is COC(=O)[C@@H]1CC[C@@H](CC(C)=O)N1C(=O)OC(C)(C)C. The van der Waals surface area contributed by atoms with Crippen LogP contribution >= 0.6 is 0 Å². The Kier molecular flexibility index (Phi) is 5.14. The Hall–Kier alpha value is -1.59. The molecule has 0 aromatic rings. The van der Waals surface area contributed by atoms with E-state index in [1.165, 1.54) is 18.9 Å². The van der Waals surface area contributed by atoms with Crippen molar-refractivity contribution in [2.45, 2.75) is 64.6 Å². The van der Waals surface area contributed by atoms with Crippen molar-refractivity contribution < 1.29 is 23.9 Å². The van der Waals surface area contributed by atoms with Crippen LogP contribution in [0.1, 0.15) is 47.0 Å². The van der Waals surface area contributed by atoms with E-state index in [0.717, 1.165) is 0 Å². The van der Waals surface area contributed by atoms with E-state index in [9.17, 15) is 14.4 Å². The molecular weight excluding hydrogens is 262 g/mol. The average Bonchev–Trinajstić information content (AvgIpc) is 2.68.